The monoisotopic (exact) mass is 543 g/mol. The smallest absolute Gasteiger partial charge is 0.269 e. The van der Waals surface area contributed by atoms with E-state index >= 15 is 0 Å². The lowest BCUT2D eigenvalue weighted by Crippen LogP contribution is -2.56. The van der Waals surface area contributed by atoms with E-state index in [-0.39, 0.29) is 11.3 Å². The number of nitro benzene ring substituents is 1. The van der Waals surface area contributed by atoms with Gasteiger partial charge in [0.25, 0.3) is 5.69 Å². The van der Waals surface area contributed by atoms with Gasteiger partial charge in [0.1, 0.15) is 11.7 Å². The molecule has 0 bridgehead atoms. The zero-order valence-electron chi connectivity index (χ0n) is 23.1. The Hall–Kier alpha value is -4.37. The van der Waals surface area contributed by atoms with Crippen LogP contribution < -0.4 is 10.6 Å². The number of nitrogens with zero attached hydrogens (tertiary/aromatic N) is 1. The molecule has 9 heteroatoms. The summed E-state index contributed by atoms with van der Waals surface area (Å²) in [5.41, 5.74) is 2.75. The molecule has 0 saturated heterocycles. The van der Waals surface area contributed by atoms with Gasteiger partial charge in [-0.05, 0) is 74.6 Å². The van der Waals surface area contributed by atoms with Crippen molar-refractivity contribution in [3.8, 4) is 0 Å². The summed E-state index contributed by atoms with van der Waals surface area (Å²) in [6.07, 6.45) is -0.436. The molecule has 3 aromatic rings. The van der Waals surface area contributed by atoms with Crippen molar-refractivity contribution in [1.82, 2.24) is 0 Å². The second-order valence-electron chi connectivity index (χ2n) is 10.8. The Morgan fingerprint density at radius 2 is 1.43 bits per heavy atom. The van der Waals surface area contributed by atoms with E-state index in [4.69, 9.17) is 0 Å². The summed E-state index contributed by atoms with van der Waals surface area (Å²) in [4.78, 5) is 52.3. The largest absolute Gasteiger partial charge is 0.389 e. The predicted molar refractivity (Wildman–Crippen MR) is 152 cm³/mol. The molecule has 3 N–H and O–H groups in total. The number of benzene rings is 3. The van der Waals surface area contributed by atoms with Crippen molar-refractivity contribution < 1.29 is 24.4 Å². The summed E-state index contributed by atoms with van der Waals surface area (Å²) in [5, 5.41) is 28.8. The molecule has 9 nitrogen and oxygen atoms in total. The molecule has 3 aromatic carbocycles. The maximum atomic E-state index is 13.9. The van der Waals surface area contributed by atoms with E-state index in [1.54, 1.807) is 30.3 Å². The van der Waals surface area contributed by atoms with Crippen LogP contribution in [-0.4, -0.2) is 33.2 Å². The van der Waals surface area contributed by atoms with Crippen molar-refractivity contribution in [3.63, 3.8) is 0 Å². The Kier molecular flexibility index (Phi) is 7.88. The Bertz CT molecular complexity index is 1510. The second kappa shape index (κ2) is 11.0. The van der Waals surface area contributed by atoms with Gasteiger partial charge in [0, 0.05) is 35.8 Å². The zero-order chi connectivity index (χ0) is 29.4. The van der Waals surface area contributed by atoms with Crippen LogP contribution in [0.25, 0.3) is 0 Å². The maximum Gasteiger partial charge on any atom is 0.269 e. The van der Waals surface area contributed by atoms with Crippen molar-refractivity contribution in [1.29, 1.82) is 0 Å². The number of Topliss-reactive ketones (excluding diaryl/α,β-unsaturated/α-hetero) is 1. The van der Waals surface area contributed by atoms with E-state index in [0.29, 0.717) is 11.4 Å². The van der Waals surface area contributed by atoms with Gasteiger partial charge in [-0.3, -0.25) is 24.5 Å². The van der Waals surface area contributed by atoms with E-state index in [1.807, 2.05) is 39.8 Å². The lowest BCUT2D eigenvalue weighted by atomic mass is 9.61. The number of aryl methyl sites for hydroxylation is 2. The topological polar surface area (TPSA) is 139 Å². The Morgan fingerprint density at radius 1 is 0.900 bits per heavy atom. The second-order valence-corrected chi connectivity index (χ2v) is 10.8. The number of hydrogen-bond acceptors (Lipinski definition) is 6. The molecular weight excluding hydrogens is 510 g/mol. The molecule has 0 aromatic heterocycles. The molecule has 208 valence electrons. The number of anilines is 2. The summed E-state index contributed by atoms with van der Waals surface area (Å²) in [7, 11) is 0. The van der Waals surface area contributed by atoms with Gasteiger partial charge in [-0.15, -0.1) is 0 Å². The highest BCUT2D eigenvalue weighted by molar-refractivity contribution is 6.10. The van der Waals surface area contributed by atoms with Gasteiger partial charge in [0.05, 0.1) is 16.4 Å². The van der Waals surface area contributed by atoms with E-state index in [2.05, 4.69) is 10.6 Å². The molecule has 1 aliphatic carbocycles. The number of rotatable bonds is 6. The first kappa shape index (κ1) is 28.6. The lowest BCUT2D eigenvalue weighted by molar-refractivity contribution is -0.385. The molecule has 0 heterocycles. The van der Waals surface area contributed by atoms with Gasteiger partial charge in [0.2, 0.25) is 11.8 Å². The molecule has 1 saturated carbocycles. The SMILES string of the molecule is Cc1cccc(NC(=O)C2C(=O)CC(C)(O)C(C(=O)Nc3cccc(C)c3C)C2c2cccc([N+](=O)[O-])c2)c1C. The van der Waals surface area contributed by atoms with E-state index < -0.39 is 52.3 Å². The first-order valence-corrected chi connectivity index (χ1v) is 13.1. The van der Waals surface area contributed by atoms with Gasteiger partial charge in [-0.1, -0.05) is 36.4 Å². The molecule has 4 rings (SSSR count). The van der Waals surface area contributed by atoms with Crippen LogP contribution in [0.4, 0.5) is 17.1 Å². The van der Waals surface area contributed by atoms with Gasteiger partial charge in [-0.25, -0.2) is 0 Å². The van der Waals surface area contributed by atoms with Gasteiger partial charge < -0.3 is 15.7 Å². The first-order chi connectivity index (χ1) is 18.8. The standard InChI is InChI=1S/C31H33N3O6/c1-17-9-6-13-23(19(17)3)32-29(36)27-25(35)16-31(5,38)28(26(27)21-11-8-12-22(15-21)34(39)40)30(37)33-24-14-7-10-18(2)20(24)4/h6-15,26-28,38H,16H2,1-5H3,(H,32,36)(H,33,37). The van der Waals surface area contributed by atoms with Crippen LogP contribution in [-0.2, 0) is 14.4 Å². The quantitative estimate of drug-likeness (QED) is 0.223. The number of hydrogen-bond donors (Lipinski definition) is 3. The van der Waals surface area contributed by atoms with E-state index in [9.17, 15) is 29.6 Å². The summed E-state index contributed by atoms with van der Waals surface area (Å²) >= 11 is 0. The minimum absolute atomic E-state index is 0.241. The molecule has 0 radical (unpaired) electrons. The van der Waals surface area contributed by atoms with Crippen LogP contribution in [0.2, 0.25) is 0 Å². The molecule has 4 unspecified atom stereocenters. The van der Waals surface area contributed by atoms with Crippen molar-refractivity contribution in [2.75, 3.05) is 10.6 Å². The number of nitro groups is 1. The maximum absolute atomic E-state index is 13.9. The van der Waals surface area contributed by atoms with Crippen LogP contribution in [0.3, 0.4) is 0 Å². The predicted octanol–water partition coefficient (Wildman–Crippen LogP) is 5.15. The summed E-state index contributed by atoms with van der Waals surface area (Å²) in [6.45, 7) is 8.89. The molecule has 1 aliphatic rings. The van der Waals surface area contributed by atoms with Crippen molar-refractivity contribution in [2.45, 2.75) is 52.6 Å². The molecular formula is C31H33N3O6. The van der Waals surface area contributed by atoms with Crippen molar-refractivity contribution in [2.24, 2.45) is 11.8 Å². The zero-order valence-corrected chi connectivity index (χ0v) is 23.1. The van der Waals surface area contributed by atoms with E-state index in [1.165, 1.54) is 25.1 Å². The van der Waals surface area contributed by atoms with Crippen LogP contribution in [0.1, 0.15) is 47.1 Å². The molecule has 2 amide bonds. The first-order valence-electron chi connectivity index (χ1n) is 13.1. The van der Waals surface area contributed by atoms with Gasteiger partial charge in [-0.2, -0.15) is 0 Å². The number of carbonyl (C=O) groups excluding carboxylic acids is 3. The average molecular weight is 544 g/mol. The number of amides is 2. The number of ketones is 1. The summed E-state index contributed by atoms with van der Waals surface area (Å²) in [5.74, 6) is -5.62. The van der Waals surface area contributed by atoms with Crippen LogP contribution >= 0.6 is 0 Å². The molecule has 40 heavy (non-hydrogen) atoms. The van der Waals surface area contributed by atoms with E-state index in [0.717, 1.165) is 22.3 Å². The van der Waals surface area contributed by atoms with Crippen LogP contribution in [0.15, 0.2) is 60.7 Å². The molecule has 1 fully saturated rings. The average Bonchev–Trinajstić information content (AvgIpc) is 2.88. The minimum Gasteiger partial charge on any atom is -0.389 e. The number of nitrogens with one attached hydrogen (secondary N) is 2. The number of carbonyl (C=O) groups is 3. The molecule has 0 spiro atoms. The Morgan fingerprint density at radius 3 is 1.98 bits per heavy atom. The lowest BCUT2D eigenvalue weighted by Gasteiger charge is -2.44. The summed E-state index contributed by atoms with van der Waals surface area (Å²) < 4.78 is 0. The van der Waals surface area contributed by atoms with Crippen molar-refractivity contribution >= 4 is 34.7 Å². The fourth-order valence-electron chi connectivity index (χ4n) is 5.53. The highest BCUT2D eigenvalue weighted by atomic mass is 16.6. The normalized spacial score (nSPS) is 22.4. The third-order valence-electron chi connectivity index (χ3n) is 8.02. The third kappa shape index (κ3) is 5.51. The fourth-order valence-corrected chi connectivity index (χ4v) is 5.53. The molecule has 4 atom stereocenters. The fraction of sp³-hybridized carbons (Fsp3) is 0.323. The minimum atomic E-state index is -1.83. The number of non-ortho nitro benzene ring substituents is 1. The third-order valence-corrected chi connectivity index (χ3v) is 8.02. The highest BCUT2D eigenvalue weighted by Gasteiger charge is 2.56. The van der Waals surface area contributed by atoms with Crippen LogP contribution in [0.5, 0.6) is 0 Å². The summed E-state index contributed by atoms with van der Waals surface area (Å²) in [6, 6.07) is 16.4. The molecule has 0 aliphatic heterocycles. The van der Waals surface area contributed by atoms with Crippen LogP contribution in [0, 0.1) is 49.6 Å². The van der Waals surface area contributed by atoms with Gasteiger partial charge in [0.15, 0.2) is 0 Å². The Labute approximate surface area is 232 Å². The highest BCUT2D eigenvalue weighted by Crippen LogP contribution is 2.47. The Balaban J connectivity index is 1.84. The van der Waals surface area contributed by atoms with Crippen molar-refractivity contribution in [3.05, 3.63) is 98.6 Å². The number of aliphatic hydroxyl groups is 1. The van der Waals surface area contributed by atoms with Gasteiger partial charge >= 0.3 is 0 Å².